The van der Waals surface area contributed by atoms with Gasteiger partial charge in [0, 0.05) is 37.1 Å². The SMILES string of the molecule is CNc1cccc(-c2ccc(-n3cc(N4CCC4)nc3-c3ccccc3C(F)(F)F)cc2)c1. The van der Waals surface area contributed by atoms with Crippen LogP contribution >= 0.6 is 0 Å². The lowest BCUT2D eigenvalue weighted by molar-refractivity contribution is -0.137. The molecule has 4 nitrogen and oxygen atoms in total. The van der Waals surface area contributed by atoms with Crippen LogP contribution in [0.15, 0.2) is 79.0 Å². The van der Waals surface area contributed by atoms with E-state index in [1.807, 2.05) is 55.7 Å². The van der Waals surface area contributed by atoms with Crippen molar-refractivity contribution in [2.75, 3.05) is 30.4 Å². The standard InChI is InChI=1S/C26H23F3N4/c1-30-20-7-4-6-19(16-20)18-10-12-21(13-11-18)33-17-24(32-14-5-15-32)31-25(33)22-8-2-3-9-23(22)26(27,28)29/h2-4,6-13,16-17,30H,5,14-15H2,1H3. The molecule has 1 N–H and O–H groups in total. The van der Waals surface area contributed by atoms with E-state index in [9.17, 15) is 13.2 Å². The Kier molecular flexibility index (Phi) is 5.32. The smallest absolute Gasteiger partial charge is 0.388 e. The van der Waals surface area contributed by atoms with Gasteiger partial charge in [0.25, 0.3) is 0 Å². The third kappa shape index (κ3) is 4.06. The summed E-state index contributed by atoms with van der Waals surface area (Å²) in [6.45, 7) is 1.72. The second kappa shape index (κ2) is 8.31. The van der Waals surface area contributed by atoms with Crippen molar-refractivity contribution in [3.63, 3.8) is 0 Å². The van der Waals surface area contributed by atoms with Gasteiger partial charge >= 0.3 is 6.18 Å². The van der Waals surface area contributed by atoms with Crippen LogP contribution in [0.3, 0.4) is 0 Å². The number of halogens is 3. The van der Waals surface area contributed by atoms with Gasteiger partial charge in [-0.3, -0.25) is 4.57 Å². The molecular formula is C26H23F3N4. The summed E-state index contributed by atoms with van der Waals surface area (Å²) < 4.78 is 43.0. The molecule has 1 aliphatic heterocycles. The van der Waals surface area contributed by atoms with Gasteiger partial charge < -0.3 is 10.2 Å². The fourth-order valence-corrected chi connectivity index (χ4v) is 4.05. The van der Waals surface area contributed by atoms with Gasteiger partial charge in [-0.1, -0.05) is 42.5 Å². The number of nitrogens with zero attached hydrogens (tertiary/aromatic N) is 3. The van der Waals surface area contributed by atoms with Crippen molar-refractivity contribution in [3.05, 3.63) is 84.6 Å². The topological polar surface area (TPSA) is 33.1 Å². The van der Waals surface area contributed by atoms with Crippen LogP contribution in [0.25, 0.3) is 28.2 Å². The summed E-state index contributed by atoms with van der Waals surface area (Å²) in [7, 11) is 1.87. The molecule has 2 heterocycles. The molecule has 1 aromatic heterocycles. The number of nitrogens with one attached hydrogen (secondary N) is 1. The quantitative estimate of drug-likeness (QED) is 0.380. The summed E-state index contributed by atoms with van der Waals surface area (Å²) in [5, 5.41) is 3.13. The molecule has 0 saturated carbocycles. The first-order valence-corrected chi connectivity index (χ1v) is 10.8. The third-order valence-electron chi connectivity index (χ3n) is 5.98. The number of aromatic nitrogens is 2. The predicted molar refractivity (Wildman–Crippen MR) is 126 cm³/mol. The Hall–Kier alpha value is -3.74. The first-order chi connectivity index (χ1) is 15.9. The summed E-state index contributed by atoms with van der Waals surface area (Å²) >= 11 is 0. The molecule has 0 atom stereocenters. The van der Waals surface area contributed by atoms with E-state index in [1.165, 1.54) is 12.1 Å². The first-order valence-electron chi connectivity index (χ1n) is 10.8. The van der Waals surface area contributed by atoms with Crippen LogP contribution in [0.4, 0.5) is 24.7 Å². The number of benzene rings is 3. The number of alkyl halides is 3. The Bertz CT molecular complexity index is 1270. The van der Waals surface area contributed by atoms with Gasteiger partial charge in [-0.05, 0) is 47.9 Å². The van der Waals surface area contributed by atoms with Crippen molar-refractivity contribution in [3.8, 4) is 28.2 Å². The highest BCUT2D eigenvalue weighted by Gasteiger charge is 2.35. The summed E-state index contributed by atoms with van der Waals surface area (Å²) in [6, 6.07) is 21.5. The van der Waals surface area contributed by atoms with Crippen molar-refractivity contribution in [1.82, 2.24) is 9.55 Å². The largest absolute Gasteiger partial charge is 0.417 e. The van der Waals surface area contributed by atoms with E-state index in [4.69, 9.17) is 0 Å². The van der Waals surface area contributed by atoms with Crippen LogP contribution in [0.5, 0.6) is 0 Å². The molecule has 7 heteroatoms. The summed E-state index contributed by atoms with van der Waals surface area (Å²) in [4.78, 5) is 6.71. The number of rotatable bonds is 5. The highest BCUT2D eigenvalue weighted by Crippen LogP contribution is 2.38. The third-order valence-corrected chi connectivity index (χ3v) is 5.98. The predicted octanol–water partition coefficient (Wildman–Crippen LogP) is 6.48. The Labute approximate surface area is 190 Å². The maximum Gasteiger partial charge on any atom is 0.417 e. The molecule has 1 aliphatic rings. The molecular weight excluding hydrogens is 425 g/mol. The minimum Gasteiger partial charge on any atom is -0.388 e. The molecule has 0 radical (unpaired) electrons. The van der Waals surface area contributed by atoms with Gasteiger partial charge in [0.05, 0.1) is 11.8 Å². The van der Waals surface area contributed by atoms with Crippen molar-refractivity contribution in [2.45, 2.75) is 12.6 Å². The molecule has 168 valence electrons. The average Bonchev–Trinajstić information content (AvgIpc) is 3.22. The van der Waals surface area contributed by atoms with E-state index in [0.29, 0.717) is 5.82 Å². The molecule has 0 amide bonds. The summed E-state index contributed by atoms with van der Waals surface area (Å²) in [5.41, 5.74) is 3.24. The molecule has 0 aliphatic carbocycles. The zero-order valence-electron chi connectivity index (χ0n) is 18.1. The molecule has 4 aromatic rings. The first kappa shape index (κ1) is 21.1. The molecule has 1 fully saturated rings. The van der Waals surface area contributed by atoms with Gasteiger partial charge in [0.15, 0.2) is 0 Å². The van der Waals surface area contributed by atoms with E-state index in [0.717, 1.165) is 48.1 Å². The highest BCUT2D eigenvalue weighted by atomic mass is 19.4. The molecule has 0 spiro atoms. The van der Waals surface area contributed by atoms with Crippen LogP contribution in [0.1, 0.15) is 12.0 Å². The van der Waals surface area contributed by atoms with Crippen LogP contribution in [0.2, 0.25) is 0 Å². The van der Waals surface area contributed by atoms with Gasteiger partial charge in [0.2, 0.25) is 0 Å². The van der Waals surface area contributed by atoms with Gasteiger partial charge in [-0.15, -0.1) is 0 Å². The molecule has 1 saturated heterocycles. The lowest BCUT2D eigenvalue weighted by atomic mass is 10.0. The van der Waals surface area contributed by atoms with Gasteiger partial charge in [-0.2, -0.15) is 13.2 Å². The van der Waals surface area contributed by atoms with E-state index < -0.39 is 11.7 Å². The Morgan fingerprint density at radius 2 is 1.64 bits per heavy atom. The normalized spacial score (nSPS) is 13.6. The number of hydrogen-bond acceptors (Lipinski definition) is 3. The monoisotopic (exact) mass is 448 g/mol. The number of anilines is 2. The number of imidazole rings is 1. The van der Waals surface area contributed by atoms with Gasteiger partial charge in [-0.25, -0.2) is 4.98 Å². The van der Waals surface area contributed by atoms with Crippen molar-refractivity contribution in [1.29, 1.82) is 0 Å². The summed E-state index contributed by atoms with van der Waals surface area (Å²) in [6.07, 6.45) is -1.58. The van der Waals surface area contributed by atoms with Crippen molar-refractivity contribution < 1.29 is 13.2 Å². The van der Waals surface area contributed by atoms with E-state index >= 15 is 0 Å². The Morgan fingerprint density at radius 1 is 0.879 bits per heavy atom. The van der Waals surface area contributed by atoms with E-state index in [2.05, 4.69) is 21.3 Å². The van der Waals surface area contributed by atoms with Crippen LogP contribution in [-0.2, 0) is 6.18 Å². The van der Waals surface area contributed by atoms with Gasteiger partial charge in [0.1, 0.15) is 11.6 Å². The Balaban J connectivity index is 1.59. The lowest BCUT2D eigenvalue weighted by Gasteiger charge is -2.30. The fraction of sp³-hybridized carbons (Fsp3) is 0.192. The Morgan fingerprint density at radius 3 is 2.30 bits per heavy atom. The molecule has 5 rings (SSSR count). The van der Waals surface area contributed by atoms with Crippen LogP contribution < -0.4 is 10.2 Å². The van der Waals surface area contributed by atoms with Crippen LogP contribution in [-0.4, -0.2) is 29.7 Å². The van der Waals surface area contributed by atoms with E-state index in [1.54, 1.807) is 10.6 Å². The minimum absolute atomic E-state index is 0.0718. The second-order valence-corrected chi connectivity index (χ2v) is 8.05. The molecule has 0 bridgehead atoms. The zero-order valence-corrected chi connectivity index (χ0v) is 18.1. The average molecular weight is 448 g/mol. The minimum atomic E-state index is -4.47. The fourth-order valence-electron chi connectivity index (χ4n) is 4.05. The lowest BCUT2D eigenvalue weighted by Crippen LogP contribution is -2.37. The summed E-state index contributed by atoms with van der Waals surface area (Å²) in [5.74, 6) is 0.980. The van der Waals surface area contributed by atoms with E-state index in [-0.39, 0.29) is 11.4 Å². The van der Waals surface area contributed by atoms with Crippen molar-refractivity contribution >= 4 is 11.5 Å². The number of hydrogen-bond donors (Lipinski definition) is 1. The second-order valence-electron chi connectivity index (χ2n) is 8.05. The van der Waals surface area contributed by atoms with Crippen molar-refractivity contribution in [2.24, 2.45) is 0 Å². The molecule has 0 unspecified atom stereocenters. The van der Waals surface area contributed by atoms with Crippen LogP contribution in [0, 0.1) is 0 Å². The highest BCUT2D eigenvalue weighted by molar-refractivity contribution is 5.71. The molecule has 33 heavy (non-hydrogen) atoms. The maximum absolute atomic E-state index is 13.8. The zero-order chi connectivity index (χ0) is 23.0. The molecule has 3 aromatic carbocycles. The maximum atomic E-state index is 13.8.